The Kier molecular flexibility index (Phi) is 4.08. The molecule has 0 spiro atoms. The molecule has 0 unspecified atom stereocenters. The van der Waals surface area contributed by atoms with Crippen molar-refractivity contribution in [1.29, 1.82) is 0 Å². The van der Waals surface area contributed by atoms with Crippen LogP contribution in [-0.4, -0.2) is 40.7 Å². The highest BCUT2D eigenvalue weighted by Gasteiger charge is 2.20. The Bertz CT molecular complexity index is 1350. The zero-order valence-electron chi connectivity index (χ0n) is 15.3. The van der Waals surface area contributed by atoms with Gasteiger partial charge in [-0.15, -0.1) is 0 Å². The van der Waals surface area contributed by atoms with Crippen molar-refractivity contribution in [3.8, 4) is 5.88 Å². The first kappa shape index (κ1) is 17.2. The number of fused-ring (bicyclic) bond motifs is 1. The van der Waals surface area contributed by atoms with Gasteiger partial charge in [-0.2, -0.15) is 9.61 Å². The van der Waals surface area contributed by atoms with E-state index in [9.17, 15) is 9.90 Å². The Morgan fingerprint density at radius 2 is 2.14 bits per heavy atom. The summed E-state index contributed by atoms with van der Waals surface area (Å²) in [6, 6.07) is 6.06. The third-order valence-electron chi connectivity index (χ3n) is 4.60. The van der Waals surface area contributed by atoms with Crippen LogP contribution >= 0.6 is 0 Å². The van der Waals surface area contributed by atoms with Gasteiger partial charge in [-0.25, -0.2) is 9.78 Å². The summed E-state index contributed by atoms with van der Waals surface area (Å²) in [5.74, 6) is 0.430. The molecule has 4 N–H and O–H groups in total. The average molecular weight is 390 g/mol. The number of imidazole rings is 1. The lowest BCUT2D eigenvalue weighted by molar-refractivity contribution is 0.454. The summed E-state index contributed by atoms with van der Waals surface area (Å²) in [6.45, 7) is 0.591. The topological polar surface area (TPSA) is 136 Å². The second kappa shape index (κ2) is 6.89. The normalized spacial score (nSPS) is 15.3. The van der Waals surface area contributed by atoms with E-state index >= 15 is 0 Å². The summed E-state index contributed by atoms with van der Waals surface area (Å²) in [6.07, 6.45) is 8.89. The molecule has 10 nitrogen and oxygen atoms in total. The molecule has 4 heterocycles. The zero-order chi connectivity index (χ0) is 19.8. The Balaban J connectivity index is 1.61. The summed E-state index contributed by atoms with van der Waals surface area (Å²) < 4.78 is 1.67. The van der Waals surface area contributed by atoms with Gasteiger partial charge in [0.1, 0.15) is 11.5 Å². The van der Waals surface area contributed by atoms with Gasteiger partial charge in [0.15, 0.2) is 11.1 Å². The van der Waals surface area contributed by atoms with Gasteiger partial charge in [-0.3, -0.25) is 15.0 Å². The first-order valence-corrected chi connectivity index (χ1v) is 9.24. The smallest absolute Gasteiger partial charge is 0.326 e. The molecule has 0 bridgehead atoms. The van der Waals surface area contributed by atoms with Gasteiger partial charge < -0.3 is 15.4 Å². The third-order valence-corrected chi connectivity index (χ3v) is 4.60. The number of aromatic nitrogens is 6. The van der Waals surface area contributed by atoms with Crippen molar-refractivity contribution in [2.45, 2.75) is 25.4 Å². The molecule has 146 valence electrons. The van der Waals surface area contributed by atoms with Crippen LogP contribution in [0.3, 0.4) is 0 Å². The summed E-state index contributed by atoms with van der Waals surface area (Å²) >= 11 is 0. The van der Waals surface area contributed by atoms with Crippen LogP contribution in [0.25, 0.3) is 11.7 Å². The number of nitrogens with zero attached hydrogens (tertiary/aromatic N) is 5. The van der Waals surface area contributed by atoms with E-state index in [0.717, 1.165) is 18.4 Å². The number of anilines is 1. The first-order chi connectivity index (χ1) is 14.2. The molecule has 4 aromatic rings. The van der Waals surface area contributed by atoms with Crippen LogP contribution in [0.5, 0.6) is 5.88 Å². The summed E-state index contributed by atoms with van der Waals surface area (Å²) in [5.41, 5.74) is 2.15. The van der Waals surface area contributed by atoms with Crippen molar-refractivity contribution in [3.05, 3.63) is 69.2 Å². The number of aromatic amines is 2. The maximum atomic E-state index is 11.4. The van der Waals surface area contributed by atoms with Crippen LogP contribution in [0, 0.1) is 0 Å². The molecule has 0 radical (unpaired) electrons. The number of hydrogen-bond donors (Lipinski definition) is 4. The van der Waals surface area contributed by atoms with E-state index in [1.165, 1.54) is 0 Å². The molecular weight excluding hydrogens is 372 g/mol. The van der Waals surface area contributed by atoms with Crippen molar-refractivity contribution in [1.82, 2.24) is 29.5 Å². The minimum Gasteiger partial charge on any atom is -0.493 e. The fourth-order valence-electron chi connectivity index (χ4n) is 2.98. The highest BCUT2D eigenvalue weighted by atomic mass is 16.3. The number of hydrogen-bond acceptors (Lipinski definition) is 7. The molecule has 1 saturated carbocycles. The van der Waals surface area contributed by atoms with Crippen LogP contribution < -0.4 is 21.7 Å². The number of nitrogens with one attached hydrogen (secondary N) is 3. The Hall–Kier alpha value is -3.95. The fourth-order valence-corrected chi connectivity index (χ4v) is 2.98. The van der Waals surface area contributed by atoms with Crippen LogP contribution in [-0.2, 0) is 6.54 Å². The molecule has 1 aliphatic rings. The quantitative estimate of drug-likeness (QED) is 0.381. The highest BCUT2D eigenvalue weighted by Crippen LogP contribution is 2.22. The number of aromatic hydroxyl groups is 1. The summed E-state index contributed by atoms with van der Waals surface area (Å²) in [4.78, 5) is 29.7. The van der Waals surface area contributed by atoms with E-state index < -0.39 is 5.69 Å². The van der Waals surface area contributed by atoms with Crippen LogP contribution in [0.4, 0.5) is 5.82 Å². The van der Waals surface area contributed by atoms with Crippen molar-refractivity contribution in [3.63, 3.8) is 0 Å². The molecule has 29 heavy (non-hydrogen) atoms. The number of H-pyrrole nitrogens is 2. The molecule has 0 aromatic carbocycles. The SMILES string of the molecule is O=c1[nH]c(O)c(/C=c2\cnn3c(=NC4CC4)cc(NCc4ccncc4)nc23)[nH]1. The van der Waals surface area contributed by atoms with E-state index in [4.69, 9.17) is 4.99 Å². The number of rotatable bonds is 5. The Morgan fingerprint density at radius 1 is 1.31 bits per heavy atom. The fraction of sp³-hybridized carbons (Fsp3) is 0.211. The minimum atomic E-state index is -0.484. The monoisotopic (exact) mass is 390 g/mol. The largest absolute Gasteiger partial charge is 0.493 e. The van der Waals surface area contributed by atoms with Crippen molar-refractivity contribution < 1.29 is 5.11 Å². The molecule has 4 aromatic heterocycles. The Labute approximate surface area is 163 Å². The van der Waals surface area contributed by atoms with Crippen molar-refractivity contribution in [2.75, 3.05) is 5.32 Å². The third kappa shape index (κ3) is 3.59. The lowest BCUT2D eigenvalue weighted by atomic mass is 10.3. The standard InChI is InChI=1S/C19H18N8O2/c28-18-14(24-19(29)26-18)7-12-10-22-27-16(23-13-1-2-13)8-15(25-17(12)27)21-9-11-3-5-20-6-4-11/h3-8,10,13,21,28H,1-2,9H2,(H2,24,26,29)/b12-7+,23-16?. The highest BCUT2D eigenvalue weighted by molar-refractivity contribution is 5.57. The molecule has 10 heteroatoms. The van der Waals surface area contributed by atoms with E-state index in [-0.39, 0.29) is 11.6 Å². The van der Waals surface area contributed by atoms with Crippen LogP contribution in [0.15, 0.2) is 46.6 Å². The van der Waals surface area contributed by atoms with Gasteiger partial charge in [0.05, 0.1) is 12.2 Å². The second-order valence-corrected chi connectivity index (χ2v) is 6.89. The van der Waals surface area contributed by atoms with Crippen molar-refractivity contribution >= 4 is 17.5 Å². The molecule has 0 saturated heterocycles. The molecule has 5 rings (SSSR count). The zero-order valence-corrected chi connectivity index (χ0v) is 15.3. The van der Waals surface area contributed by atoms with Gasteiger partial charge in [0.25, 0.3) is 0 Å². The van der Waals surface area contributed by atoms with Gasteiger partial charge >= 0.3 is 5.69 Å². The van der Waals surface area contributed by atoms with Crippen LogP contribution in [0.2, 0.25) is 0 Å². The van der Waals surface area contributed by atoms with Crippen LogP contribution in [0.1, 0.15) is 24.1 Å². The van der Waals surface area contributed by atoms with E-state index in [1.807, 2.05) is 18.2 Å². The maximum Gasteiger partial charge on any atom is 0.326 e. The summed E-state index contributed by atoms with van der Waals surface area (Å²) in [5, 5.41) is 18.2. The molecule has 0 amide bonds. The second-order valence-electron chi connectivity index (χ2n) is 6.89. The molecule has 1 fully saturated rings. The van der Waals surface area contributed by atoms with Crippen molar-refractivity contribution in [2.24, 2.45) is 4.99 Å². The maximum absolute atomic E-state index is 11.4. The molecule has 1 aliphatic carbocycles. The van der Waals surface area contributed by atoms with Gasteiger partial charge in [-0.1, -0.05) is 0 Å². The Morgan fingerprint density at radius 3 is 2.86 bits per heavy atom. The number of pyridine rings is 1. The lowest BCUT2D eigenvalue weighted by Gasteiger charge is -2.06. The molecular formula is C19H18N8O2. The molecule has 0 aliphatic heterocycles. The summed E-state index contributed by atoms with van der Waals surface area (Å²) in [7, 11) is 0. The predicted molar refractivity (Wildman–Crippen MR) is 105 cm³/mol. The van der Waals surface area contributed by atoms with Gasteiger partial charge in [0.2, 0.25) is 5.88 Å². The van der Waals surface area contributed by atoms with E-state index in [2.05, 4.69) is 30.4 Å². The lowest BCUT2D eigenvalue weighted by Crippen LogP contribution is -2.20. The predicted octanol–water partition coefficient (Wildman–Crippen LogP) is 0.0692. The molecule has 0 atom stereocenters. The van der Waals surface area contributed by atoms with E-state index in [0.29, 0.717) is 34.8 Å². The van der Waals surface area contributed by atoms with Gasteiger partial charge in [0, 0.05) is 30.2 Å². The van der Waals surface area contributed by atoms with Gasteiger partial charge in [-0.05, 0) is 36.6 Å². The minimum absolute atomic E-state index is 0.232. The average Bonchev–Trinajstić information content (AvgIpc) is 3.36. The van der Waals surface area contributed by atoms with E-state index in [1.54, 1.807) is 29.2 Å². The first-order valence-electron chi connectivity index (χ1n) is 9.24.